The predicted molar refractivity (Wildman–Crippen MR) is 99.5 cm³/mol. The third-order valence-electron chi connectivity index (χ3n) is 5.00. The number of halogens is 2. The number of aromatic nitrogens is 4. The molecule has 3 aromatic rings. The van der Waals surface area contributed by atoms with Crippen LogP contribution in [0.5, 0.6) is 0 Å². The van der Waals surface area contributed by atoms with Crippen molar-refractivity contribution < 1.29 is 13.5 Å². The van der Waals surface area contributed by atoms with Crippen LogP contribution < -0.4 is 10.5 Å². The molecule has 1 aliphatic rings. The molecule has 0 radical (unpaired) electrons. The summed E-state index contributed by atoms with van der Waals surface area (Å²) < 4.78 is 34.1. The van der Waals surface area contributed by atoms with Crippen molar-refractivity contribution in [3.05, 3.63) is 57.3 Å². The molecule has 0 bridgehead atoms. The molecule has 7 nitrogen and oxygen atoms in total. The van der Waals surface area contributed by atoms with Gasteiger partial charge in [0.1, 0.15) is 23.1 Å². The molecular formula is C19H21F2N5O2. The van der Waals surface area contributed by atoms with Crippen LogP contribution in [0.15, 0.2) is 23.0 Å². The summed E-state index contributed by atoms with van der Waals surface area (Å²) in [5.74, 6) is 0.0244. The van der Waals surface area contributed by atoms with Gasteiger partial charge in [0.2, 0.25) is 0 Å². The molecule has 0 unspecified atom stereocenters. The number of rotatable bonds is 4. The molecule has 28 heavy (non-hydrogen) atoms. The average Bonchev–Trinajstić information content (AvgIpc) is 3.04. The predicted octanol–water partition coefficient (Wildman–Crippen LogP) is 2.50. The number of nitrogens with one attached hydrogen (secondary N) is 1. The van der Waals surface area contributed by atoms with E-state index in [9.17, 15) is 13.6 Å². The van der Waals surface area contributed by atoms with Crippen molar-refractivity contribution in [2.24, 2.45) is 0 Å². The summed E-state index contributed by atoms with van der Waals surface area (Å²) in [6.45, 7) is 4.83. The molecule has 1 aromatic carbocycles. The van der Waals surface area contributed by atoms with Crippen molar-refractivity contribution in [1.29, 1.82) is 0 Å². The van der Waals surface area contributed by atoms with Gasteiger partial charge in [0.05, 0.1) is 18.4 Å². The summed E-state index contributed by atoms with van der Waals surface area (Å²) in [5.41, 5.74) is 1.22. The van der Waals surface area contributed by atoms with Gasteiger partial charge in [-0.1, -0.05) is 0 Å². The molecule has 148 valence electrons. The fraction of sp³-hybridized carbons (Fsp3) is 0.421. The number of fused-ring (bicyclic) bond motifs is 1. The fourth-order valence-corrected chi connectivity index (χ4v) is 3.59. The fourth-order valence-electron chi connectivity index (χ4n) is 3.59. The Bertz CT molecular complexity index is 1070. The molecule has 3 heterocycles. The minimum absolute atomic E-state index is 0.0247. The third kappa shape index (κ3) is 3.49. The zero-order chi connectivity index (χ0) is 19.8. The van der Waals surface area contributed by atoms with E-state index in [-0.39, 0.29) is 23.8 Å². The number of aryl methyl sites for hydroxylation is 2. The van der Waals surface area contributed by atoms with Crippen LogP contribution in [0.3, 0.4) is 0 Å². The van der Waals surface area contributed by atoms with Gasteiger partial charge in [-0.05, 0) is 44.9 Å². The van der Waals surface area contributed by atoms with E-state index in [1.165, 1.54) is 4.52 Å². The highest BCUT2D eigenvalue weighted by atomic mass is 19.1. The highest BCUT2D eigenvalue weighted by Crippen LogP contribution is 2.22. The van der Waals surface area contributed by atoms with E-state index in [1.807, 2.05) is 4.90 Å². The molecule has 1 aliphatic heterocycles. The topological polar surface area (TPSA) is 75.5 Å². The zero-order valence-corrected chi connectivity index (χ0v) is 15.7. The molecule has 1 fully saturated rings. The Kier molecular flexibility index (Phi) is 4.84. The first-order chi connectivity index (χ1) is 13.4. The summed E-state index contributed by atoms with van der Waals surface area (Å²) in [7, 11) is 0. The number of aromatic amines is 1. The van der Waals surface area contributed by atoms with Gasteiger partial charge in [-0.3, -0.25) is 9.89 Å². The maximum Gasteiger partial charge on any atom is 0.297 e. The molecule has 0 aliphatic carbocycles. The van der Waals surface area contributed by atoms with E-state index >= 15 is 0 Å². The van der Waals surface area contributed by atoms with Crippen LogP contribution in [0.4, 0.5) is 14.5 Å². The van der Waals surface area contributed by atoms with Gasteiger partial charge >= 0.3 is 0 Å². The monoisotopic (exact) mass is 389 g/mol. The molecule has 1 N–H and O–H groups in total. The standard InChI is InChI=1S/C19H21F2N5O2/c1-11-17(18(27)26-19(22-11)23-12(2)24-26)25-7-5-15(6-8-25)28-10-13-9-14(20)3-4-16(13)21/h3-4,9,15H,5-8,10H2,1-2H3,(H,22,23,24). The van der Waals surface area contributed by atoms with Gasteiger partial charge in [-0.2, -0.15) is 9.50 Å². The van der Waals surface area contributed by atoms with Crippen LogP contribution in [0.25, 0.3) is 5.78 Å². The Morgan fingerprint density at radius 3 is 2.71 bits per heavy atom. The second kappa shape index (κ2) is 7.31. The van der Waals surface area contributed by atoms with Gasteiger partial charge in [0.15, 0.2) is 0 Å². The molecular weight excluding hydrogens is 368 g/mol. The highest BCUT2D eigenvalue weighted by molar-refractivity contribution is 5.52. The first-order valence-electron chi connectivity index (χ1n) is 9.19. The number of piperidine rings is 1. The van der Waals surface area contributed by atoms with Crippen molar-refractivity contribution in [2.75, 3.05) is 18.0 Å². The lowest BCUT2D eigenvalue weighted by molar-refractivity contribution is 0.0236. The first-order valence-corrected chi connectivity index (χ1v) is 9.19. The number of hydrogen-bond acceptors (Lipinski definition) is 5. The average molecular weight is 389 g/mol. The Labute approximate surface area is 160 Å². The summed E-state index contributed by atoms with van der Waals surface area (Å²) in [6.07, 6.45) is 1.29. The molecule has 2 aromatic heterocycles. The lowest BCUT2D eigenvalue weighted by Gasteiger charge is -2.33. The number of nitrogens with zero attached hydrogens (tertiary/aromatic N) is 4. The van der Waals surface area contributed by atoms with Crippen LogP contribution in [0, 0.1) is 25.5 Å². The lowest BCUT2D eigenvalue weighted by Crippen LogP contribution is -2.41. The van der Waals surface area contributed by atoms with Gasteiger partial charge in [0.25, 0.3) is 11.3 Å². The number of anilines is 1. The highest BCUT2D eigenvalue weighted by Gasteiger charge is 2.25. The van der Waals surface area contributed by atoms with E-state index in [0.29, 0.717) is 48.9 Å². The molecule has 1 saturated heterocycles. The van der Waals surface area contributed by atoms with Crippen LogP contribution in [0.2, 0.25) is 0 Å². The summed E-state index contributed by atoms with van der Waals surface area (Å²) in [4.78, 5) is 23.4. The van der Waals surface area contributed by atoms with E-state index in [0.717, 1.165) is 18.2 Å². The van der Waals surface area contributed by atoms with E-state index in [2.05, 4.69) is 15.1 Å². The quantitative estimate of drug-likeness (QED) is 0.742. The van der Waals surface area contributed by atoms with Crippen molar-refractivity contribution >= 4 is 11.5 Å². The number of ether oxygens (including phenoxy) is 1. The normalized spacial score (nSPS) is 15.5. The largest absolute Gasteiger partial charge is 0.373 e. The smallest absolute Gasteiger partial charge is 0.297 e. The van der Waals surface area contributed by atoms with Crippen LogP contribution in [0.1, 0.15) is 29.9 Å². The molecule has 9 heteroatoms. The molecule has 0 atom stereocenters. The van der Waals surface area contributed by atoms with Gasteiger partial charge in [-0.25, -0.2) is 13.8 Å². The number of H-pyrrole nitrogens is 1. The maximum absolute atomic E-state index is 13.7. The Balaban J connectivity index is 1.44. The zero-order valence-electron chi connectivity index (χ0n) is 15.7. The molecule has 0 saturated carbocycles. The van der Waals surface area contributed by atoms with Gasteiger partial charge < -0.3 is 9.64 Å². The third-order valence-corrected chi connectivity index (χ3v) is 5.00. The molecule has 4 rings (SSSR count). The second-order valence-electron chi connectivity index (χ2n) is 7.03. The second-order valence-corrected chi connectivity index (χ2v) is 7.03. The Hall–Kier alpha value is -2.81. The minimum Gasteiger partial charge on any atom is -0.373 e. The first kappa shape index (κ1) is 18.5. The number of benzene rings is 1. The van der Waals surface area contributed by atoms with Gasteiger partial charge in [0, 0.05) is 18.7 Å². The maximum atomic E-state index is 13.7. The van der Waals surface area contributed by atoms with Crippen LogP contribution in [-0.2, 0) is 11.3 Å². The van der Waals surface area contributed by atoms with Crippen molar-refractivity contribution in [1.82, 2.24) is 19.6 Å². The summed E-state index contributed by atoms with van der Waals surface area (Å²) in [5, 5.41) is 2.90. The summed E-state index contributed by atoms with van der Waals surface area (Å²) >= 11 is 0. The van der Waals surface area contributed by atoms with E-state index in [4.69, 9.17) is 4.74 Å². The molecule has 0 spiro atoms. The van der Waals surface area contributed by atoms with Crippen molar-refractivity contribution in [3.8, 4) is 0 Å². The lowest BCUT2D eigenvalue weighted by atomic mass is 10.1. The Morgan fingerprint density at radius 2 is 1.96 bits per heavy atom. The van der Waals surface area contributed by atoms with Crippen LogP contribution >= 0.6 is 0 Å². The van der Waals surface area contributed by atoms with E-state index in [1.54, 1.807) is 13.8 Å². The molecule has 0 amide bonds. The van der Waals surface area contributed by atoms with Crippen molar-refractivity contribution in [2.45, 2.75) is 39.4 Å². The Morgan fingerprint density at radius 1 is 1.21 bits per heavy atom. The SMILES string of the molecule is Cc1nc2nc(C)c(N3CCC(OCc4cc(F)ccc4F)CC3)c(=O)n2[nH]1. The minimum atomic E-state index is -0.484. The number of hydrogen-bond donors (Lipinski definition) is 1. The van der Waals surface area contributed by atoms with Crippen LogP contribution in [-0.4, -0.2) is 38.8 Å². The van der Waals surface area contributed by atoms with Crippen molar-refractivity contribution in [3.63, 3.8) is 0 Å². The van der Waals surface area contributed by atoms with E-state index < -0.39 is 11.6 Å². The summed E-state index contributed by atoms with van der Waals surface area (Å²) in [6, 6.07) is 3.35. The van der Waals surface area contributed by atoms with Gasteiger partial charge in [-0.15, -0.1) is 0 Å².